The van der Waals surface area contributed by atoms with Crippen molar-refractivity contribution in [3.8, 4) is 0 Å². The third-order valence-corrected chi connectivity index (χ3v) is 3.47. The molecule has 0 spiro atoms. The van der Waals surface area contributed by atoms with Gasteiger partial charge in [-0.2, -0.15) is 5.10 Å². The van der Waals surface area contributed by atoms with E-state index in [2.05, 4.69) is 10.4 Å². The van der Waals surface area contributed by atoms with Crippen LogP contribution in [0.2, 0.25) is 0 Å². The lowest BCUT2D eigenvalue weighted by molar-refractivity contribution is 0.214. The van der Waals surface area contributed by atoms with Crippen LogP contribution in [0, 0.1) is 6.92 Å². The van der Waals surface area contributed by atoms with Crippen molar-refractivity contribution in [2.45, 2.75) is 58.3 Å². The van der Waals surface area contributed by atoms with Gasteiger partial charge in [0.25, 0.3) is 0 Å². The van der Waals surface area contributed by atoms with Gasteiger partial charge >= 0.3 is 0 Å². The first-order valence-corrected chi connectivity index (χ1v) is 6.61. The Morgan fingerprint density at radius 2 is 2.41 bits per heavy atom. The molecule has 0 amide bonds. The highest BCUT2D eigenvalue weighted by Gasteiger charge is 2.24. The first kappa shape index (κ1) is 12.6. The van der Waals surface area contributed by atoms with Gasteiger partial charge in [-0.3, -0.25) is 4.68 Å². The molecule has 0 radical (unpaired) electrons. The minimum atomic E-state index is -0.795. The maximum absolute atomic E-state index is 14.2. The number of aryl methyl sites for hydroxylation is 2. The topological polar surface area (TPSA) is 29.9 Å². The second-order valence-corrected chi connectivity index (χ2v) is 4.87. The van der Waals surface area contributed by atoms with E-state index in [1.165, 1.54) is 6.42 Å². The summed E-state index contributed by atoms with van der Waals surface area (Å²) in [5, 5.41) is 7.64. The van der Waals surface area contributed by atoms with Gasteiger partial charge < -0.3 is 5.32 Å². The van der Waals surface area contributed by atoms with Crippen molar-refractivity contribution in [2.75, 3.05) is 6.54 Å². The zero-order valence-electron chi connectivity index (χ0n) is 10.7. The predicted molar refractivity (Wildman–Crippen MR) is 66.9 cm³/mol. The van der Waals surface area contributed by atoms with Crippen molar-refractivity contribution >= 4 is 0 Å². The van der Waals surface area contributed by atoms with E-state index in [0.29, 0.717) is 6.42 Å². The summed E-state index contributed by atoms with van der Waals surface area (Å²) in [4.78, 5) is 0. The molecule has 0 aliphatic carbocycles. The van der Waals surface area contributed by atoms with Crippen LogP contribution in [-0.4, -0.2) is 28.5 Å². The van der Waals surface area contributed by atoms with Gasteiger partial charge in [-0.25, -0.2) is 4.39 Å². The number of nitrogens with zero attached hydrogens (tertiary/aromatic N) is 2. The van der Waals surface area contributed by atoms with E-state index in [1.54, 1.807) is 0 Å². The number of piperidine rings is 1. The van der Waals surface area contributed by atoms with Crippen LogP contribution < -0.4 is 5.32 Å². The highest BCUT2D eigenvalue weighted by molar-refractivity contribution is 5.10. The molecule has 96 valence electrons. The summed E-state index contributed by atoms with van der Waals surface area (Å²) in [7, 11) is 0. The fourth-order valence-corrected chi connectivity index (χ4v) is 2.57. The Morgan fingerprint density at radius 1 is 1.59 bits per heavy atom. The largest absolute Gasteiger partial charge is 0.311 e. The Labute approximate surface area is 102 Å². The third kappa shape index (κ3) is 3.06. The fourth-order valence-electron chi connectivity index (χ4n) is 2.57. The van der Waals surface area contributed by atoms with Crippen molar-refractivity contribution in [2.24, 2.45) is 0 Å². The molecule has 0 bridgehead atoms. The molecular weight excluding hydrogens is 217 g/mol. The van der Waals surface area contributed by atoms with Gasteiger partial charge in [0.2, 0.25) is 0 Å². The van der Waals surface area contributed by atoms with Gasteiger partial charge in [0.05, 0.1) is 5.69 Å². The fraction of sp³-hybridized carbons (Fsp3) is 0.769. The molecule has 0 aromatic carbocycles. The van der Waals surface area contributed by atoms with Crippen LogP contribution in [0.4, 0.5) is 4.39 Å². The van der Waals surface area contributed by atoms with E-state index in [4.69, 9.17) is 0 Å². The summed E-state index contributed by atoms with van der Waals surface area (Å²) in [5.41, 5.74) is 2.00. The van der Waals surface area contributed by atoms with Crippen molar-refractivity contribution in [1.29, 1.82) is 0 Å². The first-order valence-electron chi connectivity index (χ1n) is 6.61. The van der Waals surface area contributed by atoms with Gasteiger partial charge in [-0.05, 0) is 39.3 Å². The normalized spacial score (nSPS) is 22.6. The molecule has 1 aliphatic heterocycles. The molecule has 1 aromatic rings. The minimum absolute atomic E-state index is 0.0317. The lowest BCUT2D eigenvalue weighted by atomic mass is 9.98. The molecular formula is C13H22FN3. The lowest BCUT2D eigenvalue weighted by Crippen LogP contribution is -2.42. The molecule has 17 heavy (non-hydrogen) atoms. The second-order valence-electron chi connectivity index (χ2n) is 4.87. The highest BCUT2D eigenvalue weighted by atomic mass is 19.1. The van der Waals surface area contributed by atoms with E-state index in [0.717, 1.165) is 37.3 Å². The second kappa shape index (κ2) is 5.63. The van der Waals surface area contributed by atoms with Crippen molar-refractivity contribution in [3.05, 3.63) is 17.5 Å². The van der Waals surface area contributed by atoms with Crippen LogP contribution >= 0.6 is 0 Å². The summed E-state index contributed by atoms with van der Waals surface area (Å²) in [6.07, 6.45) is 2.96. The molecule has 2 unspecified atom stereocenters. The van der Waals surface area contributed by atoms with Gasteiger partial charge in [0.1, 0.15) is 6.17 Å². The number of alkyl halides is 1. The Balaban J connectivity index is 1.98. The molecule has 0 saturated carbocycles. The third-order valence-electron chi connectivity index (χ3n) is 3.47. The van der Waals surface area contributed by atoms with Crippen LogP contribution in [0.5, 0.6) is 0 Å². The van der Waals surface area contributed by atoms with E-state index >= 15 is 0 Å². The lowest BCUT2D eigenvalue weighted by Gasteiger charge is -2.26. The molecule has 1 fully saturated rings. The summed E-state index contributed by atoms with van der Waals surface area (Å²) < 4.78 is 16.1. The number of aromatic nitrogens is 2. The highest BCUT2D eigenvalue weighted by Crippen LogP contribution is 2.17. The van der Waals surface area contributed by atoms with Crippen LogP contribution in [0.15, 0.2) is 6.07 Å². The smallest absolute Gasteiger partial charge is 0.121 e. The zero-order valence-corrected chi connectivity index (χ0v) is 10.7. The molecule has 2 atom stereocenters. The molecule has 4 heteroatoms. The summed E-state index contributed by atoms with van der Waals surface area (Å²) in [6.45, 7) is 5.77. The van der Waals surface area contributed by atoms with E-state index < -0.39 is 6.17 Å². The number of nitrogens with one attached hydrogen (secondary N) is 1. The monoisotopic (exact) mass is 239 g/mol. The van der Waals surface area contributed by atoms with Crippen LogP contribution in [0.1, 0.15) is 37.6 Å². The van der Waals surface area contributed by atoms with Gasteiger partial charge in [-0.15, -0.1) is 0 Å². The molecule has 2 rings (SSSR count). The van der Waals surface area contributed by atoms with E-state index in [9.17, 15) is 4.39 Å². The van der Waals surface area contributed by atoms with Crippen molar-refractivity contribution < 1.29 is 4.39 Å². The summed E-state index contributed by atoms with van der Waals surface area (Å²) in [5.74, 6) is 0. The molecule has 3 nitrogen and oxygen atoms in total. The quantitative estimate of drug-likeness (QED) is 0.873. The van der Waals surface area contributed by atoms with E-state index in [1.807, 2.05) is 24.6 Å². The van der Waals surface area contributed by atoms with Crippen molar-refractivity contribution in [1.82, 2.24) is 15.1 Å². The minimum Gasteiger partial charge on any atom is -0.311 e. The average Bonchev–Trinajstić information content (AvgIpc) is 2.70. The van der Waals surface area contributed by atoms with Crippen LogP contribution in [-0.2, 0) is 13.0 Å². The molecule has 2 heterocycles. The van der Waals surface area contributed by atoms with Gasteiger partial charge in [0.15, 0.2) is 0 Å². The average molecular weight is 239 g/mol. The van der Waals surface area contributed by atoms with Crippen LogP contribution in [0.3, 0.4) is 0 Å². The summed E-state index contributed by atoms with van der Waals surface area (Å²) in [6, 6.07) is 2.03. The Bertz CT molecular complexity index is 356. The Morgan fingerprint density at radius 3 is 3.06 bits per heavy atom. The maximum atomic E-state index is 14.2. The van der Waals surface area contributed by atoms with E-state index in [-0.39, 0.29) is 6.04 Å². The maximum Gasteiger partial charge on any atom is 0.121 e. The predicted octanol–water partition coefficient (Wildman–Crippen LogP) is 2.23. The Kier molecular flexibility index (Phi) is 4.15. The standard InChI is InChI=1S/C13H22FN3/c1-3-17-11(8-10(2)16-17)9-12(14)13-6-4-5-7-15-13/h8,12-13,15H,3-7,9H2,1-2H3. The molecule has 1 N–H and O–H groups in total. The van der Waals surface area contributed by atoms with Crippen LogP contribution in [0.25, 0.3) is 0 Å². The van der Waals surface area contributed by atoms with Crippen molar-refractivity contribution in [3.63, 3.8) is 0 Å². The SMILES string of the molecule is CCn1nc(C)cc1CC(F)C1CCCCN1. The molecule has 1 aliphatic rings. The zero-order chi connectivity index (χ0) is 12.3. The first-order chi connectivity index (χ1) is 8.20. The Hall–Kier alpha value is -0.900. The van der Waals surface area contributed by atoms with Gasteiger partial charge in [-0.1, -0.05) is 6.42 Å². The number of hydrogen-bond donors (Lipinski definition) is 1. The number of rotatable bonds is 4. The summed E-state index contributed by atoms with van der Waals surface area (Å²) >= 11 is 0. The van der Waals surface area contributed by atoms with Gasteiger partial charge in [0, 0.05) is 24.7 Å². The number of halogens is 1. The molecule has 1 saturated heterocycles. The number of hydrogen-bond acceptors (Lipinski definition) is 2. The molecule has 1 aromatic heterocycles.